The van der Waals surface area contributed by atoms with Crippen LogP contribution in [0.5, 0.6) is 0 Å². The molecule has 3 aliphatic rings. The van der Waals surface area contributed by atoms with E-state index in [4.69, 9.17) is 9.84 Å². The van der Waals surface area contributed by atoms with Crippen LogP contribution >= 0.6 is 0 Å². The fraction of sp³-hybridized carbons (Fsp3) is 0.517. The van der Waals surface area contributed by atoms with Crippen LogP contribution in [0.1, 0.15) is 68.1 Å². The minimum atomic E-state index is -0.0855. The minimum absolute atomic E-state index is 0.0385. The van der Waals surface area contributed by atoms with Crippen molar-refractivity contribution < 1.29 is 14.6 Å². The summed E-state index contributed by atoms with van der Waals surface area (Å²) in [6.45, 7) is 3.59. The normalized spacial score (nSPS) is 19.9. The Bertz CT molecular complexity index is 1050. The molecule has 2 aliphatic heterocycles. The van der Waals surface area contributed by atoms with Crippen LogP contribution in [0.15, 0.2) is 47.6 Å². The number of nitrogens with zero attached hydrogens (tertiary/aromatic N) is 3. The molecule has 6 nitrogen and oxygen atoms in total. The number of aliphatic hydroxyl groups excluding tert-OH is 1. The third-order valence-electron chi connectivity index (χ3n) is 7.62. The number of hydrogen-bond acceptors (Lipinski definition) is 4. The number of benzene rings is 2. The number of fused-ring (bicyclic) bond motifs is 1. The van der Waals surface area contributed by atoms with Crippen LogP contribution in [0.3, 0.4) is 0 Å². The van der Waals surface area contributed by atoms with Gasteiger partial charge in [0.1, 0.15) is 0 Å². The van der Waals surface area contributed by atoms with Gasteiger partial charge in [-0.25, -0.2) is 9.80 Å². The molecule has 1 saturated heterocycles. The highest BCUT2D eigenvalue weighted by Crippen LogP contribution is 2.39. The molecule has 1 saturated carbocycles. The summed E-state index contributed by atoms with van der Waals surface area (Å²) >= 11 is 0. The van der Waals surface area contributed by atoms with E-state index in [0.29, 0.717) is 19.1 Å². The highest BCUT2D eigenvalue weighted by Gasteiger charge is 2.37. The minimum Gasteiger partial charge on any atom is -0.396 e. The van der Waals surface area contributed by atoms with Crippen molar-refractivity contribution in [2.24, 2.45) is 11.0 Å². The Labute approximate surface area is 208 Å². The van der Waals surface area contributed by atoms with Crippen LogP contribution in [0, 0.1) is 12.8 Å². The molecule has 2 heterocycles. The maximum atomic E-state index is 14.3. The van der Waals surface area contributed by atoms with Gasteiger partial charge in [-0.2, -0.15) is 5.10 Å². The largest absolute Gasteiger partial charge is 0.396 e. The fourth-order valence-electron chi connectivity index (χ4n) is 5.65. The Kier molecular flexibility index (Phi) is 7.49. The molecule has 6 heteroatoms. The number of hydrazone groups is 1. The maximum absolute atomic E-state index is 14.3. The standard InChI is InChI=1S/C29H37N3O3/c1-21-9-14-26-27(20-21)31(24-12-10-22(11-13-24)6-5-17-33)29(34)32(25-15-18-35-19-16-25)30-28(26)23-7-3-2-4-8-23/h9-14,20,23,25,33H,2-8,15-19H2,1H3. The molecule has 35 heavy (non-hydrogen) atoms. The Morgan fingerprint density at radius 2 is 1.74 bits per heavy atom. The number of aliphatic hydroxyl groups is 1. The second kappa shape index (κ2) is 10.9. The van der Waals surface area contributed by atoms with Crippen molar-refractivity contribution in [2.45, 2.75) is 70.8 Å². The van der Waals surface area contributed by atoms with Crippen molar-refractivity contribution in [3.8, 4) is 0 Å². The van der Waals surface area contributed by atoms with Crippen LogP contribution in [0.25, 0.3) is 0 Å². The molecular formula is C29H37N3O3. The lowest BCUT2D eigenvalue weighted by Gasteiger charge is -2.33. The number of rotatable bonds is 6. The van der Waals surface area contributed by atoms with Crippen LogP contribution < -0.4 is 4.90 Å². The molecule has 1 aliphatic carbocycles. The van der Waals surface area contributed by atoms with Gasteiger partial charge in [-0.05, 0) is 74.8 Å². The molecule has 2 aromatic carbocycles. The summed E-state index contributed by atoms with van der Waals surface area (Å²) < 4.78 is 5.62. The first-order valence-electron chi connectivity index (χ1n) is 13.3. The summed E-state index contributed by atoms with van der Waals surface area (Å²) in [4.78, 5) is 16.1. The zero-order chi connectivity index (χ0) is 24.2. The lowest BCUT2D eigenvalue weighted by Crippen LogP contribution is -2.45. The molecule has 1 N–H and O–H groups in total. The predicted molar refractivity (Wildman–Crippen MR) is 139 cm³/mol. The predicted octanol–water partition coefficient (Wildman–Crippen LogP) is 5.96. The highest BCUT2D eigenvalue weighted by molar-refractivity contribution is 6.14. The number of carbonyl (C=O) groups excluding carboxylic acids is 1. The third-order valence-corrected chi connectivity index (χ3v) is 7.62. The zero-order valence-electron chi connectivity index (χ0n) is 20.8. The van der Waals surface area contributed by atoms with Gasteiger partial charge >= 0.3 is 6.03 Å². The van der Waals surface area contributed by atoms with E-state index < -0.39 is 0 Å². The molecule has 186 valence electrons. The van der Waals surface area contributed by atoms with Crippen LogP contribution in [-0.4, -0.2) is 47.7 Å². The fourth-order valence-corrected chi connectivity index (χ4v) is 5.65. The van der Waals surface area contributed by atoms with Gasteiger partial charge in [0.2, 0.25) is 0 Å². The van der Waals surface area contributed by atoms with Gasteiger partial charge in [-0.15, -0.1) is 0 Å². The van der Waals surface area contributed by atoms with Gasteiger partial charge in [0.25, 0.3) is 0 Å². The smallest absolute Gasteiger partial charge is 0.349 e. The second-order valence-corrected chi connectivity index (χ2v) is 10.1. The summed E-state index contributed by atoms with van der Waals surface area (Å²) in [6.07, 6.45) is 9.13. The van der Waals surface area contributed by atoms with Crippen LogP contribution in [0.4, 0.5) is 16.2 Å². The number of amides is 2. The maximum Gasteiger partial charge on any atom is 0.349 e. The number of hydrogen-bond donors (Lipinski definition) is 1. The number of anilines is 2. The molecule has 0 bridgehead atoms. The molecule has 0 aromatic heterocycles. The van der Waals surface area contributed by atoms with Crippen LogP contribution in [0.2, 0.25) is 0 Å². The Morgan fingerprint density at radius 3 is 2.46 bits per heavy atom. The SMILES string of the molecule is Cc1ccc2c(c1)N(c1ccc(CCCO)cc1)C(=O)N(C1CCOCC1)N=C2C1CCCCC1. The Hall–Kier alpha value is -2.70. The first-order valence-corrected chi connectivity index (χ1v) is 13.3. The molecule has 0 spiro atoms. The molecule has 2 aromatic rings. The topological polar surface area (TPSA) is 65.4 Å². The van der Waals surface area contributed by atoms with Crippen molar-refractivity contribution in [1.29, 1.82) is 0 Å². The summed E-state index contributed by atoms with van der Waals surface area (Å²) in [5.74, 6) is 0.376. The van der Waals surface area contributed by atoms with Gasteiger partial charge in [0.15, 0.2) is 0 Å². The monoisotopic (exact) mass is 475 g/mol. The van der Waals surface area contributed by atoms with Crippen molar-refractivity contribution in [1.82, 2.24) is 5.01 Å². The quantitative estimate of drug-likeness (QED) is 0.561. The molecule has 2 fully saturated rings. The summed E-state index contributed by atoms with van der Waals surface area (Å²) in [5, 5.41) is 16.2. The van der Waals surface area contributed by atoms with E-state index in [1.807, 2.05) is 17.0 Å². The number of carbonyl (C=O) groups is 1. The number of urea groups is 1. The summed E-state index contributed by atoms with van der Waals surface area (Å²) in [6, 6.07) is 14.6. The first kappa shape index (κ1) is 24.0. The molecule has 0 atom stereocenters. The van der Waals surface area contributed by atoms with Crippen molar-refractivity contribution in [3.63, 3.8) is 0 Å². The third kappa shape index (κ3) is 5.14. The average Bonchev–Trinajstić information content (AvgIpc) is 3.02. The van der Waals surface area contributed by atoms with Crippen molar-refractivity contribution in [3.05, 3.63) is 59.2 Å². The molecule has 0 radical (unpaired) electrons. The Morgan fingerprint density at radius 1 is 1.00 bits per heavy atom. The van der Waals surface area contributed by atoms with Crippen LogP contribution in [-0.2, 0) is 11.2 Å². The first-order chi connectivity index (χ1) is 17.2. The van der Waals surface area contributed by atoms with Crippen molar-refractivity contribution >= 4 is 23.1 Å². The number of ether oxygens (including phenoxy) is 1. The van der Waals surface area contributed by atoms with E-state index in [2.05, 4.69) is 37.3 Å². The van der Waals surface area contributed by atoms with Gasteiger partial charge in [-0.3, -0.25) is 4.90 Å². The van der Waals surface area contributed by atoms with E-state index in [9.17, 15) is 9.90 Å². The van der Waals surface area contributed by atoms with E-state index in [1.54, 1.807) is 5.01 Å². The molecule has 2 amide bonds. The lowest BCUT2D eigenvalue weighted by atomic mass is 9.82. The highest BCUT2D eigenvalue weighted by atomic mass is 16.5. The van der Waals surface area contributed by atoms with Gasteiger partial charge in [0, 0.05) is 31.3 Å². The number of aryl methyl sites for hydroxylation is 2. The van der Waals surface area contributed by atoms with Crippen molar-refractivity contribution in [2.75, 3.05) is 24.7 Å². The summed E-state index contributed by atoms with van der Waals surface area (Å²) in [5.41, 5.74) is 6.22. The van der Waals surface area contributed by atoms with E-state index >= 15 is 0 Å². The Balaban J connectivity index is 1.61. The summed E-state index contributed by atoms with van der Waals surface area (Å²) in [7, 11) is 0. The van der Waals surface area contributed by atoms with E-state index in [0.717, 1.165) is 72.3 Å². The van der Waals surface area contributed by atoms with E-state index in [-0.39, 0.29) is 18.7 Å². The average molecular weight is 476 g/mol. The second-order valence-electron chi connectivity index (χ2n) is 10.1. The van der Waals surface area contributed by atoms with E-state index in [1.165, 1.54) is 19.3 Å². The van der Waals surface area contributed by atoms with Gasteiger partial charge in [0.05, 0.1) is 23.1 Å². The van der Waals surface area contributed by atoms with Gasteiger partial charge in [-0.1, -0.05) is 43.5 Å². The zero-order valence-corrected chi connectivity index (χ0v) is 20.8. The molecule has 5 rings (SSSR count). The lowest BCUT2D eigenvalue weighted by molar-refractivity contribution is 0.0480. The molecule has 0 unspecified atom stereocenters. The molecular weight excluding hydrogens is 438 g/mol. The van der Waals surface area contributed by atoms with Gasteiger partial charge < -0.3 is 9.84 Å².